The van der Waals surface area contributed by atoms with Gasteiger partial charge in [-0.3, -0.25) is 9.48 Å². The number of nitrogens with one attached hydrogen (secondary N) is 2. The van der Waals surface area contributed by atoms with Gasteiger partial charge < -0.3 is 10.6 Å². The minimum atomic E-state index is -0.0449. The zero-order valence-corrected chi connectivity index (χ0v) is 14.8. The van der Waals surface area contributed by atoms with E-state index in [-0.39, 0.29) is 23.8 Å². The highest BCUT2D eigenvalue weighted by atomic mass is 32.1. The van der Waals surface area contributed by atoms with Crippen LogP contribution in [0.3, 0.4) is 0 Å². The molecule has 24 heavy (non-hydrogen) atoms. The second kappa shape index (κ2) is 6.29. The number of hydrogen-bond acceptors (Lipinski definition) is 5. The maximum absolute atomic E-state index is 13.0. The Hall–Kier alpha value is -1.73. The van der Waals surface area contributed by atoms with Crippen molar-refractivity contribution < 1.29 is 4.79 Å². The Morgan fingerprint density at radius 2 is 2.29 bits per heavy atom. The largest absolute Gasteiger partial charge is 0.346 e. The molecule has 2 aliphatic rings. The number of carbonyl (C=O) groups excluding carboxylic acids is 1. The lowest BCUT2D eigenvalue weighted by atomic mass is 9.90. The van der Waals surface area contributed by atoms with Gasteiger partial charge in [0.2, 0.25) is 5.91 Å². The van der Waals surface area contributed by atoms with Gasteiger partial charge >= 0.3 is 0 Å². The molecule has 1 unspecified atom stereocenters. The van der Waals surface area contributed by atoms with Crippen LogP contribution in [-0.2, 0) is 11.8 Å². The first-order chi connectivity index (χ1) is 11.6. The molecular weight excluding hydrogens is 322 g/mol. The Kier molecular flexibility index (Phi) is 4.14. The zero-order chi connectivity index (χ0) is 16.7. The highest BCUT2D eigenvalue weighted by Crippen LogP contribution is 2.42. The van der Waals surface area contributed by atoms with Crippen molar-refractivity contribution in [2.45, 2.75) is 31.7 Å². The molecule has 2 N–H and O–H groups in total. The quantitative estimate of drug-likeness (QED) is 0.866. The van der Waals surface area contributed by atoms with Crippen molar-refractivity contribution in [1.29, 1.82) is 0 Å². The summed E-state index contributed by atoms with van der Waals surface area (Å²) in [5.74, 6) is 0.831. The lowest BCUT2D eigenvalue weighted by molar-refractivity contribution is -0.125. The van der Waals surface area contributed by atoms with Crippen molar-refractivity contribution in [2.75, 3.05) is 13.1 Å². The fourth-order valence-electron chi connectivity index (χ4n) is 3.52. The number of nitrogens with zero attached hydrogens (tertiary/aromatic N) is 3. The molecule has 1 amide bonds. The monoisotopic (exact) mass is 345 g/mol. The van der Waals surface area contributed by atoms with E-state index in [2.05, 4.69) is 26.1 Å². The summed E-state index contributed by atoms with van der Waals surface area (Å²) in [6.45, 7) is 3.55. The number of rotatable bonds is 5. The van der Waals surface area contributed by atoms with Crippen LogP contribution in [0.1, 0.15) is 41.1 Å². The summed E-state index contributed by atoms with van der Waals surface area (Å²) in [6.07, 6.45) is 6.25. The number of hydrogen-bond donors (Lipinski definition) is 2. The Morgan fingerprint density at radius 3 is 2.92 bits per heavy atom. The van der Waals surface area contributed by atoms with Gasteiger partial charge in [-0.05, 0) is 31.2 Å². The van der Waals surface area contributed by atoms with Crippen molar-refractivity contribution >= 4 is 17.2 Å². The lowest BCUT2D eigenvalue weighted by Crippen LogP contribution is -2.37. The summed E-state index contributed by atoms with van der Waals surface area (Å²) >= 11 is 1.66. The van der Waals surface area contributed by atoms with Crippen LogP contribution in [0.2, 0.25) is 0 Å². The lowest BCUT2D eigenvalue weighted by Gasteiger charge is -2.21. The SMILES string of the molecule is Cc1csc(C(NC(=O)[C@H]2CNC[C@@H]2c2cnn(C)c2)C2CC2)n1. The molecule has 1 saturated carbocycles. The fourth-order valence-corrected chi connectivity index (χ4v) is 4.46. The molecule has 2 aromatic heterocycles. The molecule has 1 aliphatic carbocycles. The smallest absolute Gasteiger partial charge is 0.225 e. The number of amides is 1. The summed E-state index contributed by atoms with van der Waals surface area (Å²) in [5.41, 5.74) is 2.17. The third-order valence-electron chi connectivity index (χ3n) is 5.00. The number of carbonyl (C=O) groups is 1. The van der Waals surface area contributed by atoms with Crippen LogP contribution in [0.4, 0.5) is 0 Å². The first kappa shape index (κ1) is 15.8. The van der Waals surface area contributed by atoms with E-state index in [1.165, 1.54) is 12.8 Å². The van der Waals surface area contributed by atoms with Crippen molar-refractivity contribution in [3.05, 3.63) is 34.0 Å². The van der Waals surface area contributed by atoms with Gasteiger partial charge in [-0.1, -0.05) is 0 Å². The predicted octanol–water partition coefficient (Wildman–Crippen LogP) is 1.76. The van der Waals surface area contributed by atoms with Crippen molar-refractivity contribution in [2.24, 2.45) is 18.9 Å². The average molecular weight is 345 g/mol. The Morgan fingerprint density at radius 1 is 1.46 bits per heavy atom. The van der Waals surface area contributed by atoms with E-state index in [0.717, 1.165) is 29.4 Å². The number of aryl methyl sites for hydroxylation is 2. The first-order valence-electron chi connectivity index (χ1n) is 8.53. The fraction of sp³-hybridized carbons (Fsp3) is 0.588. The van der Waals surface area contributed by atoms with Gasteiger partial charge in [0.25, 0.3) is 0 Å². The Balaban J connectivity index is 1.49. The first-order valence-corrected chi connectivity index (χ1v) is 9.41. The second-order valence-corrected chi connectivity index (χ2v) is 7.86. The average Bonchev–Trinajstić information content (AvgIpc) is 2.95. The Bertz CT molecular complexity index is 735. The molecule has 0 aromatic carbocycles. The van der Waals surface area contributed by atoms with Crippen LogP contribution < -0.4 is 10.6 Å². The van der Waals surface area contributed by atoms with E-state index in [1.807, 2.05) is 26.4 Å². The topological polar surface area (TPSA) is 71.8 Å². The minimum Gasteiger partial charge on any atom is -0.346 e. The van der Waals surface area contributed by atoms with E-state index >= 15 is 0 Å². The van der Waals surface area contributed by atoms with Gasteiger partial charge in [0.15, 0.2) is 0 Å². The van der Waals surface area contributed by atoms with Crippen molar-refractivity contribution in [1.82, 2.24) is 25.4 Å². The Labute approximate surface area is 145 Å². The third-order valence-corrected chi connectivity index (χ3v) is 6.04. The van der Waals surface area contributed by atoms with Crippen molar-refractivity contribution in [3.63, 3.8) is 0 Å². The molecule has 2 aromatic rings. The molecule has 1 saturated heterocycles. The molecule has 4 rings (SSSR count). The standard InChI is InChI=1S/C17H23N5OS/c1-10-9-24-17(20-10)15(11-3-4-11)21-16(23)14-7-18-6-13(14)12-5-19-22(2)8-12/h5,8-9,11,13-15,18H,3-4,6-7H2,1-2H3,(H,21,23)/t13-,14+,15?/m1/s1. The molecular formula is C17H23N5OS. The van der Waals surface area contributed by atoms with Crippen LogP contribution in [0.15, 0.2) is 17.8 Å². The maximum Gasteiger partial charge on any atom is 0.225 e. The summed E-state index contributed by atoms with van der Waals surface area (Å²) in [6, 6.07) is 0.0753. The third kappa shape index (κ3) is 3.10. The summed E-state index contributed by atoms with van der Waals surface area (Å²) in [5, 5.41) is 14.0. The number of thiazole rings is 1. The van der Waals surface area contributed by atoms with E-state index in [0.29, 0.717) is 5.92 Å². The van der Waals surface area contributed by atoms with E-state index in [1.54, 1.807) is 16.0 Å². The minimum absolute atomic E-state index is 0.0449. The van der Waals surface area contributed by atoms with Crippen LogP contribution >= 0.6 is 11.3 Å². The summed E-state index contributed by atoms with van der Waals surface area (Å²) < 4.78 is 1.80. The maximum atomic E-state index is 13.0. The van der Waals surface area contributed by atoms with Crippen LogP contribution in [-0.4, -0.2) is 33.8 Å². The molecule has 7 heteroatoms. The van der Waals surface area contributed by atoms with Gasteiger partial charge in [0.05, 0.1) is 18.2 Å². The molecule has 3 atom stereocenters. The summed E-state index contributed by atoms with van der Waals surface area (Å²) in [4.78, 5) is 17.6. The summed E-state index contributed by atoms with van der Waals surface area (Å²) in [7, 11) is 1.91. The molecule has 0 spiro atoms. The van der Waals surface area contributed by atoms with E-state index in [4.69, 9.17) is 0 Å². The van der Waals surface area contributed by atoms with Gasteiger partial charge in [0.1, 0.15) is 5.01 Å². The van der Waals surface area contributed by atoms with Gasteiger partial charge in [-0.15, -0.1) is 11.3 Å². The van der Waals surface area contributed by atoms with Gasteiger partial charge in [0, 0.05) is 43.3 Å². The molecule has 0 radical (unpaired) electrons. The van der Waals surface area contributed by atoms with Crippen molar-refractivity contribution in [3.8, 4) is 0 Å². The van der Waals surface area contributed by atoms with E-state index < -0.39 is 0 Å². The predicted molar refractivity (Wildman–Crippen MR) is 92.8 cm³/mol. The molecule has 128 valence electrons. The highest BCUT2D eigenvalue weighted by Gasteiger charge is 2.39. The van der Waals surface area contributed by atoms with Gasteiger partial charge in [-0.25, -0.2) is 4.98 Å². The second-order valence-electron chi connectivity index (χ2n) is 6.97. The molecule has 2 fully saturated rings. The molecule has 3 heterocycles. The normalized spacial score (nSPS) is 24.9. The highest BCUT2D eigenvalue weighted by molar-refractivity contribution is 7.09. The van der Waals surface area contributed by atoms with Crippen LogP contribution in [0.5, 0.6) is 0 Å². The zero-order valence-electron chi connectivity index (χ0n) is 14.0. The van der Waals surface area contributed by atoms with E-state index in [9.17, 15) is 4.79 Å². The number of aromatic nitrogens is 3. The van der Waals surface area contributed by atoms with Crippen LogP contribution in [0.25, 0.3) is 0 Å². The molecule has 1 aliphatic heterocycles. The van der Waals surface area contributed by atoms with Gasteiger partial charge in [-0.2, -0.15) is 5.10 Å². The molecule has 0 bridgehead atoms. The van der Waals surface area contributed by atoms with Crippen LogP contribution in [0, 0.1) is 18.8 Å². The molecule has 6 nitrogen and oxygen atoms in total.